The Hall–Kier alpha value is -2.44. The Kier molecular flexibility index (Phi) is 5.83. The van der Waals surface area contributed by atoms with Gasteiger partial charge in [0.05, 0.1) is 6.54 Å². The minimum Gasteiger partial charge on any atom is -0.370 e. The molecule has 0 aliphatic carbocycles. The van der Waals surface area contributed by atoms with Crippen LogP contribution in [0.3, 0.4) is 0 Å². The summed E-state index contributed by atoms with van der Waals surface area (Å²) < 4.78 is 0. The first kappa shape index (κ1) is 19.9. The van der Waals surface area contributed by atoms with Crippen molar-refractivity contribution in [3.05, 3.63) is 23.4 Å². The number of anilines is 1. The van der Waals surface area contributed by atoms with E-state index >= 15 is 0 Å². The molecule has 3 aliphatic heterocycles. The summed E-state index contributed by atoms with van der Waals surface area (Å²) in [6, 6.07) is 4.16. The fraction of sp³-hybridized carbons (Fsp3) is 0.636. The number of amides is 2. The molecular weight excluding hydrogens is 368 g/mol. The van der Waals surface area contributed by atoms with Crippen molar-refractivity contribution in [2.45, 2.75) is 45.4 Å². The van der Waals surface area contributed by atoms with Gasteiger partial charge in [0.2, 0.25) is 11.8 Å². The summed E-state index contributed by atoms with van der Waals surface area (Å²) in [5.74, 6) is 1.41. The van der Waals surface area contributed by atoms with E-state index in [0.717, 1.165) is 37.3 Å². The van der Waals surface area contributed by atoms with Crippen molar-refractivity contribution in [1.29, 1.82) is 0 Å². The molecule has 2 fully saturated rings. The molecular formula is C22H30N4O3. The molecule has 0 unspecified atom stereocenters. The predicted molar refractivity (Wildman–Crippen MR) is 109 cm³/mol. The lowest BCUT2D eigenvalue weighted by atomic mass is 9.79. The van der Waals surface area contributed by atoms with Gasteiger partial charge in [0.25, 0.3) is 0 Å². The lowest BCUT2D eigenvalue weighted by Gasteiger charge is -2.44. The number of carbonyl (C=O) groups is 3. The number of hydrogen-bond donors (Lipinski definition) is 1. The molecule has 4 heterocycles. The Balaban J connectivity index is 1.30. The average molecular weight is 399 g/mol. The van der Waals surface area contributed by atoms with Crippen molar-refractivity contribution in [2.75, 3.05) is 38.0 Å². The van der Waals surface area contributed by atoms with Gasteiger partial charge < -0.3 is 15.1 Å². The summed E-state index contributed by atoms with van der Waals surface area (Å²) in [6.45, 7) is 4.59. The fourth-order valence-electron chi connectivity index (χ4n) is 4.87. The number of hydrogen-bond acceptors (Lipinski definition) is 5. The van der Waals surface area contributed by atoms with Gasteiger partial charge in [0.1, 0.15) is 11.6 Å². The van der Waals surface area contributed by atoms with E-state index in [-0.39, 0.29) is 36.0 Å². The summed E-state index contributed by atoms with van der Waals surface area (Å²) in [5.41, 5.74) is 2.21. The number of nitrogens with one attached hydrogen (secondary N) is 1. The summed E-state index contributed by atoms with van der Waals surface area (Å²) in [4.78, 5) is 45.1. The van der Waals surface area contributed by atoms with Crippen LogP contribution in [0.4, 0.5) is 5.82 Å². The van der Waals surface area contributed by atoms with E-state index in [4.69, 9.17) is 0 Å². The standard InChI is InChI=1S/C22H30N4O3/c1-15(27)13-26-11-8-17-14-25(12-9-19(17)22(26)29)20(28)7-6-18-5-4-16-3-2-10-23-21(16)24-18/h4-5,17,19H,2-3,6-14H2,1H3,(H,23,24)/t17-,19+/m1/s1. The first-order valence-corrected chi connectivity index (χ1v) is 10.8. The number of Topliss-reactive ketones (excluding diaryl/α,β-unsaturated/α-hetero) is 1. The molecule has 3 aliphatic rings. The van der Waals surface area contributed by atoms with Gasteiger partial charge in [-0.3, -0.25) is 14.4 Å². The van der Waals surface area contributed by atoms with Gasteiger partial charge in [0.15, 0.2) is 0 Å². The van der Waals surface area contributed by atoms with Gasteiger partial charge in [-0.2, -0.15) is 0 Å². The Labute approximate surface area is 171 Å². The predicted octanol–water partition coefficient (Wildman–Crippen LogP) is 1.66. The van der Waals surface area contributed by atoms with Crippen LogP contribution in [-0.4, -0.2) is 65.1 Å². The average Bonchev–Trinajstić information content (AvgIpc) is 2.73. The Morgan fingerprint density at radius 1 is 1.24 bits per heavy atom. The van der Waals surface area contributed by atoms with E-state index in [9.17, 15) is 14.4 Å². The Morgan fingerprint density at radius 2 is 2.10 bits per heavy atom. The van der Waals surface area contributed by atoms with E-state index in [1.54, 1.807) is 4.90 Å². The molecule has 2 atom stereocenters. The maximum atomic E-state index is 12.8. The van der Waals surface area contributed by atoms with E-state index in [1.807, 2.05) is 11.0 Å². The second-order valence-corrected chi connectivity index (χ2v) is 8.59. The molecule has 7 heteroatoms. The van der Waals surface area contributed by atoms with Gasteiger partial charge in [-0.1, -0.05) is 6.07 Å². The smallest absolute Gasteiger partial charge is 0.226 e. The van der Waals surface area contributed by atoms with E-state index in [2.05, 4.69) is 16.4 Å². The van der Waals surface area contributed by atoms with E-state index in [1.165, 1.54) is 12.5 Å². The number of fused-ring (bicyclic) bond motifs is 2. The third-order valence-electron chi connectivity index (χ3n) is 6.45. The maximum absolute atomic E-state index is 12.8. The summed E-state index contributed by atoms with van der Waals surface area (Å²) in [6.07, 6.45) is 4.86. The highest BCUT2D eigenvalue weighted by molar-refractivity contribution is 5.86. The first-order valence-electron chi connectivity index (χ1n) is 10.8. The highest BCUT2D eigenvalue weighted by Crippen LogP contribution is 2.32. The van der Waals surface area contributed by atoms with Crippen molar-refractivity contribution >= 4 is 23.4 Å². The molecule has 2 amide bonds. The number of piperidine rings is 2. The summed E-state index contributed by atoms with van der Waals surface area (Å²) in [5, 5.41) is 3.34. The summed E-state index contributed by atoms with van der Waals surface area (Å²) in [7, 11) is 0. The number of rotatable bonds is 5. The van der Waals surface area contributed by atoms with Gasteiger partial charge in [0, 0.05) is 44.2 Å². The van der Waals surface area contributed by atoms with Gasteiger partial charge in [-0.25, -0.2) is 4.98 Å². The molecule has 0 saturated carbocycles. The highest BCUT2D eigenvalue weighted by atomic mass is 16.2. The van der Waals surface area contributed by atoms with Gasteiger partial charge in [-0.05, 0) is 56.6 Å². The minimum absolute atomic E-state index is 0.0235. The van der Waals surface area contributed by atoms with Crippen LogP contribution < -0.4 is 5.32 Å². The number of pyridine rings is 1. The highest BCUT2D eigenvalue weighted by Gasteiger charge is 2.41. The largest absolute Gasteiger partial charge is 0.370 e. The topological polar surface area (TPSA) is 82.6 Å². The molecule has 1 aromatic heterocycles. The van der Waals surface area contributed by atoms with Crippen LogP contribution in [0.5, 0.6) is 0 Å². The van der Waals surface area contributed by atoms with E-state index in [0.29, 0.717) is 38.9 Å². The van der Waals surface area contributed by atoms with Gasteiger partial charge >= 0.3 is 0 Å². The number of likely N-dealkylation sites (tertiary alicyclic amines) is 2. The number of nitrogens with zero attached hydrogens (tertiary/aromatic N) is 3. The molecule has 1 aromatic rings. The summed E-state index contributed by atoms with van der Waals surface area (Å²) >= 11 is 0. The lowest BCUT2D eigenvalue weighted by Crippen LogP contribution is -2.54. The second kappa shape index (κ2) is 8.51. The zero-order valence-corrected chi connectivity index (χ0v) is 17.2. The number of aryl methyl sites for hydroxylation is 2. The van der Waals surface area contributed by atoms with Crippen molar-refractivity contribution in [3.8, 4) is 0 Å². The SMILES string of the molecule is CC(=O)CN1CC[C@@H]2CN(C(=O)CCc3ccc4c(n3)NCCC4)CC[C@@H]2C1=O. The zero-order chi connectivity index (χ0) is 20.4. The van der Waals surface area contributed by atoms with Crippen LogP contribution in [-0.2, 0) is 27.2 Å². The molecule has 4 rings (SSSR count). The van der Waals surface area contributed by atoms with Crippen LogP contribution in [0.15, 0.2) is 12.1 Å². The van der Waals surface area contributed by atoms with Gasteiger partial charge in [-0.15, -0.1) is 0 Å². The molecule has 29 heavy (non-hydrogen) atoms. The molecule has 0 aromatic carbocycles. The van der Waals surface area contributed by atoms with Crippen LogP contribution in [0, 0.1) is 11.8 Å². The third-order valence-corrected chi connectivity index (χ3v) is 6.45. The van der Waals surface area contributed by atoms with E-state index < -0.39 is 0 Å². The van der Waals surface area contributed by atoms with Crippen LogP contribution in [0.25, 0.3) is 0 Å². The van der Waals surface area contributed by atoms with Crippen LogP contribution in [0.1, 0.15) is 43.9 Å². The molecule has 0 radical (unpaired) electrons. The molecule has 7 nitrogen and oxygen atoms in total. The quantitative estimate of drug-likeness (QED) is 0.816. The van der Waals surface area contributed by atoms with Crippen LogP contribution in [0.2, 0.25) is 0 Å². The Morgan fingerprint density at radius 3 is 2.93 bits per heavy atom. The maximum Gasteiger partial charge on any atom is 0.226 e. The van der Waals surface area contributed by atoms with Crippen molar-refractivity contribution in [3.63, 3.8) is 0 Å². The number of ketones is 1. The molecule has 0 spiro atoms. The second-order valence-electron chi connectivity index (χ2n) is 8.59. The van der Waals surface area contributed by atoms with Crippen molar-refractivity contribution in [1.82, 2.24) is 14.8 Å². The molecule has 156 valence electrons. The Bertz CT molecular complexity index is 809. The molecule has 1 N–H and O–H groups in total. The monoisotopic (exact) mass is 398 g/mol. The molecule has 2 saturated heterocycles. The third kappa shape index (κ3) is 4.43. The normalized spacial score (nSPS) is 23.8. The fourth-order valence-corrected chi connectivity index (χ4v) is 4.87. The minimum atomic E-state index is -0.0412. The number of carbonyl (C=O) groups excluding carboxylic acids is 3. The van der Waals surface area contributed by atoms with Crippen molar-refractivity contribution < 1.29 is 14.4 Å². The van der Waals surface area contributed by atoms with Crippen molar-refractivity contribution in [2.24, 2.45) is 11.8 Å². The number of aromatic nitrogens is 1. The molecule has 0 bridgehead atoms. The zero-order valence-electron chi connectivity index (χ0n) is 17.2. The first-order chi connectivity index (χ1) is 14.0. The van der Waals surface area contributed by atoms with Crippen LogP contribution >= 0.6 is 0 Å². The lowest BCUT2D eigenvalue weighted by molar-refractivity contribution is -0.149.